The van der Waals surface area contributed by atoms with Crippen molar-refractivity contribution in [2.24, 2.45) is 5.10 Å². The lowest BCUT2D eigenvalue weighted by Crippen LogP contribution is -2.20. The van der Waals surface area contributed by atoms with Crippen molar-refractivity contribution in [1.82, 2.24) is 15.0 Å². The third kappa shape index (κ3) is 6.45. The van der Waals surface area contributed by atoms with Crippen LogP contribution in [0.3, 0.4) is 0 Å². The molecule has 1 amide bonds. The number of hydrogen-bond acceptors (Lipinski definition) is 5. The van der Waals surface area contributed by atoms with Gasteiger partial charge in [0.2, 0.25) is 0 Å². The summed E-state index contributed by atoms with van der Waals surface area (Å²) in [5.74, 6) is 0.294. The molecule has 198 valence electrons. The van der Waals surface area contributed by atoms with Crippen LogP contribution in [0.2, 0.25) is 0 Å². The van der Waals surface area contributed by atoms with Gasteiger partial charge in [0.1, 0.15) is 5.75 Å². The summed E-state index contributed by atoms with van der Waals surface area (Å²) < 4.78 is 2.14. The second-order valence-corrected chi connectivity index (χ2v) is 12.4. The molecule has 2 N–H and O–H groups in total. The van der Waals surface area contributed by atoms with E-state index >= 15 is 0 Å². The number of hydrazone groups is 1. The van der Waals surface area contributed by atoms with Crippen LogP contribution >= 0.6 is 11.8 Å². The monoisotopic (exact) mass is 528 g/mol. The van der Waals surface area contributed by atoms with Crippen molar-refractivity contribution in [3.05, 3.63) is 89.0 Å². The number of carbonyl (C=O) groups is 1. The molecule has 4 aromatic rings. The minimum atomic E-state index is -0.237. The Morgan fingerprint density at radius 1 is 0.974 bits per heavy atom. The Bertz CT molecular complexity index is 1430. The molecule has 0 fully saturated rings. The minimum Gasteiger partial charge on any atom is -0.507 e. The van der Waals surface area contributed by atoms with E-state index in [0.29, 0.717) is 12.3 Å². The fraction of sp³-hybridized carbons (Fsp3) is 0.323. The van der Waals surface area contributed by atoms with E-state index in [1.807, 2.05) is 48.5 Å². The highest BCUT2D eigenvalue weighted by Crippen LogP contribution is 2.39. The molecule has 0 saturated carbocycles. The summed E-state index contributed by atoms with van der Waals surface area (Å²) in [5.41, 5.74) is 7.82. The molecule has 1 heterocycles. The fourth-order valence-electron chi connectivity index (χ4n) is 4.30. The van der Waals surface area contributed by atoms with Crippen molar-refractivity contribution in [1.29, 1.82) is 0 Å². The smallest absolute Gasteiger partial charge is 0.250 e. The molecule has 0 saturated heterocycles. The molecule has 0 bridgehead atoms. The van der Waals surface area contributed by atoms with E-state index in [0.717, 1.165) is 32.9 Å². The van der Waals surface area contributed by atoms with Gasteiger partial charge in [-0.05, 0) is 46.2 Å². The van der Waals surface area contributed by atoms with Gasteiger partial charge in [-0.15, -0.1) is 0 Å². The van der Waals surface area contributed by atoms with Crippen molar-refractivity contribution in [2.45, 2.75) is 64.1 Å². The van der Waals surface area contributed by atoms with E-state index in [4.69, 9.17) is 4.98 Å². The Hall–Kier alpha value is -3.58. The Kier molecular flexibility index (Phi) is 7.97. The Balaban J connectivity index is 1.48. The van der Waals surface area contributed by atoms with Gasteiger partial charge in [-0.1, -0.05) is 95.8 Å². The SMILES string of the molecule is CC(C)(C)c1cc(/C=N\NC(=O)CSc2nc3ccccc3n2Cc2ccccc2)cc(C(C)(C)C)c1O. The number of amides is 1. The third-order valence-corrected chi connectivity index (χ3v) is 7.26. The first kappa shape index (κ1) is 27.5. The minimum absolute atomic E-state index is 0.186. The van der Waals surface area contributed by atoms with Crippen LogP contribution in [0, 0.1) is 0 Å². The zero-order chi connectivity index (χ0) is 27.5. The molecule has 0 unspecified atom stereocenters. The second kappa shape index (κ2) is 11.0. The van der Waals surface area contributed by atoms with Gasteiger partial charge in [0, 0.05) is 11.1 Å². The number of nitrogens with one attached hydrogen (secondary N) is 1. The van der Waals surface area contributed by atoms with Crippen LogP contribution < -0.4 is 5.43 Å². The molecule has 1 aromatic heterocycles. The normalized spacial score (nSPS) is 12.4. The summed E-state index contributed by atoms with van der Waals surface area (Å²) in [6.07, 6.45) is 1.64. The van der Waals surface area contributed by atoms with Crippen molar-refractivity contribution in [3.63, 3.8) is 0 Å². The molecule has 6 nitrogen and oxygen atoms in total. The lowest BCUT2D eigenvalue weighted by molar-refractivity contribution is -0.118. The summed E-state index contributed by atoms with van der Waals surface area (Å²) in [4.78, 5) is 17.4. The molecule has 0 atom stereocenters. The van der Waals surface area contributed by atoms with Gasteiger partial charge in [0.25, 0.3) is 5.91 Å². The number of benzene rings is 3. The predicted molar refractivity (Wildman–Crippen MR) is 157 cm³/mol. The van der Waals surface area contributed by atoms with Gasteiger partial charge >= 0.3 is 0 Å². The first-order valence-electron chi connectivity index (χ1n) is 12.8. The molecule has 0 aliphatic heterocycles. The highest BCUT2D eigenvalue weighted by molar-refractivity contribution is 7.99. The summed E-state index contributed by atoms with van der Waals surface area (Å²) in [6.45, 7) is 13.1. The predicted octanol–water partition coefficient (Wildman–Crippen LogP) is 6.63. The van der Waals surface area contributed by atoms with E-state index in [1.165, 1.54) is 17.3 Å². The van der Waals surface area contributed by atoms with Gasteiger partial charge in [-0.25, -0.2) is 10.4 Å². The topological polar surface area (TPSA) is 79.5 Å². The van der Waals surface area contributed by atoms with Crippen LogP contribution in [-0.4, -0.2) is 32.5 Å². The first-order chi connectivity index (χ1) is 17.9. The van der Waals surface area contributed by atoms with Crippen LogP contribution in [0.5, 0.6) is 5.75 Å². The summed E-state index contributed by atoms with van der Waals surface area (Å²) in [6, 6.07) is 22.1. The Morgan fingerprint density at radius 3 is 2.21 bits per heavy atom. The Morgan fingerprint density at radius 2 is 1.58 bits per heavy atom. The molecule has 3 aromatic carbocycles. The zero-order valence-electron chi connectivity index (χ0n) is 22.9. The molecule has 4 rings (SSSR count). The van der Waals surface area contributed by atoms with Gasteiger partial charge < -0.3 is 9.67 Å². The second-order valence-electron chi connectivity index (χ2n) is 11.5. The molecule has 38 heavy (non-hydrogen) atoms. The van der Waals surface area contributed by atoms with Crippen LogP contribution in [0.15, 0.2) is 77.0 Å². The maximum atomic E-state index is 12.7. The molecule has 0 spiro atoms. The zero-order valence-corrected chi connectivity index (χ0v) is 23.8. The molecule has 0 aliphatic rings. The quantitative estimate of drug-likeness (QED) is 0.160. The first-order valence-corrected chi connectivity index (χ1v) is 13.7. The molecule has 7 heteroatoms. The average molecular weight is 529 g/mol. The number of hydrogen-bond donors (Lipinski definition) is 2. The van der Waals surface area contributed by atoms with Crippen molar-refractivity contribution in [3.8, 4) is 5.75 Å². The van der Waals surface area contributed by atoms with Crippen molar-refractivity contribution in [2.75, 3.05) is 5.75 Å². The van der Waals surface area contributed by atoms with E-state index in [9.17, 15) is 9.90 Å². The number of aromatic nitrogens is 2. The van der Waals surface area contributed by atoms with E-state index in [2.05, 4.69) is 74.8 Å². The van der Waals surface area contributed by atoms with Crippen LogP contribution in [0.4, 0.5) is 0 Å². The highest BCUT2D eigenvalue weighted by Gasteiger charge is 2.26. The maximum Gasteiger partial charge on any atom is 0.250 e. The highest BCUT2D eigenvalue weighted by atomic mass is 32.2. The number of carbonyl (C=O) groups excluding carboxylic acids is 1. The third-order valence-electron chi connectivity index (χ3n) is 6.29. The standard InChI is InChI=1S/C31H36N4O2S/c1-30(2,3)23-16-22(17-24(28(23)37)31(4,5)6)18-32-34-27(36)20-38-29-33-25-14-10-11-15-26(25)35(29)19-21-12-8-7-9-13-21/h7-18,37H,19-20H2,1-6H3,(H,34,36)/b32-18-. The van der Waals surface area contributed by atoms with Gasteiger partial charge in [-0.2, -0.15) is 5.10 Å². The lowest BCUT2D eigenvalue weighted by Gasteiger charge is -2.27. The number of nitrogens with zero attached hydrogens (tertiary/aromatic N) is 3. The Labute approximate surface area is 229 Å². The summed E-state index contributed by atoms with van der Waals surface area (Å²) >= 11 is 1.39. The lowest BCUT2D eigenvalue weighted by atomic mass is 9.78. The van der Waals surface area contributed by atoms with E-state index in [-0.39, 0.29) is 22.5 Å². The summed E-state index contributed by atoms with van der Waals surface area (Å²) in [5, 5.41) is 15.9. The number of phenolic OH excluding ortho intramolecular Hbond substituents is 1. The van der Waals surface area contributed by atoms with Crippen molar-refractivity contribution >= 4 is 34.9 Å². The molecule has 0 radical (unpaired) electrons. The van der Waals surface area contributed by atoms with Crippen LogP contribution in [-0.2, 0) is 22.2 Å². The molecular weight excluding hydrogens is 492 g/mol. The maximum absolute atomic E-state index is 12.7. The number of aromatic hydroxyl groups is 1. The largest absolute Gasteiger partial charge is 0.507 e. The number of para-hydroxylation sites is 2. The molecule has 0 aliphatic carbocycles. The average Bonchev–Trinajstić information content (AvgIpc) is 3.20. The number of fused-ring (bicyclic) bond motifs is 1. The number of phenols is 1. The molecular formula is C31H36N4O2S. The fourth-order valence-corrected chi connectivity index (χ4v) is 5.10. The van der Waals surface area contributed by atoms with E-state index in [1.54, 1.807) is 6.21 Å². The van der Waals surface area contributed by atoms with E-state index < -0.39 is 0 Å². The number of rotatable bonds is 7. The van der Waals surface area contributed by atoms with Crippen LogP contribution in [0.25, 0.3) is 11.0 Å². The van der Waals surface area contributed by atoms with Gasteiger partial charge in [0.05, 0.1) is 29.5 Å². The van der Waals surface area contributed by atoms with Crippen LogP contribution in [0.1, 0.15) is 63.8 Å². The van der Waals surface area contributed by atoms with Crippen molar-refractivity contribution < 1.29 is 9.90 Å². The number of imidazole rings is 1. The van der Waals surface area contributed by atoms with Gasteiger partial charge in [0.15, 0.2) is 5.16 Å². The summed E-state index contributed by atoms with van der Waals surface area (Å²) in [7, 11) is 0. The number of thioether (sulfide) groups is 1. The van der Waals surface area contributed by atoms with Gasteiger partial charge in [-0.3, -0.25) is 4.79 Å².